The van der Waals surface area contributed by atoms with E-state index in [9.17, 15) is 4.79 Å². The summed E-state index contributed by atoms with van der Waals surface area (Å²) in [5.41, 5.74) is 0.0402. The van der Waals surface area contributed by atoms with E-state index in [1.165, 1.54) is 51.4 Å². The molecule has 0 radical (unpaired) electrons. The molecule has 0 aromatic heterocycles. The third kappa shape index (κ3) is 2.92. The van der Waals surface area contributed by atoms with Gasteiger partial charge in [-0.3, -0.25) is 4.79 Å². The molecule has 0 N–H and O–H groups in total. The number of carbonyl (C=O) groups excluding carboxylic acids is 1. The second-order valence-corrected chi connectivity index (χ2v) is 6.62. The quantitative estimate of drug-likeness (QED) is 0.691. The summed E-state index contributed by atoms with van der Waals surface area (Å²) in [6, 6.07) is 0. The maximum atomic E-state index is 12.7. The summed E-state index contributed by atoms with van der Waals surface area (Å²) >= 11 is 0. The van der Waals surface area contributed by atoms with Crippen LogP contribution < -0.4 is 0 Å². The first kappa shape index (κ1) is 13.1. The van der Waals surface area contributed by atoms with E-state index < -0.39 is 0 Å². The minimum Gasteiger partial charge on any atom is -0.299 e. The van der Waals surface area contributed by atoms with Gasteiger partial charge in [-0.2, -0.15) is 0 Å². The third-order valence-electron chi connectivity index (χ3n) is 5.28. The summed E-state index contributed by atoms with van der Waals surface area (Å²) in [6.45, 7) is 4.52. The van der Waals surface area contributed by atoms with Crippen molar-refractivity contribution in [3.8, 4) is 0 Å². The molecule has 0 amide bonds. The van der Waals surface area contributed by atoms with Crippen LogP contribution in [0.25, 0.3) is 0 Å². The fourth-order valence-electron chi connectivity index (χ4n) is 3.97. The molecule has 0 heterocycles. The summed E-state index contributed by atoms with van der Waals surface area (Å²) in [5, 5.41) is 0. The average molecular weight is 236 g/mol. The molecule has 17 heavy (non-hydrogen) atoms. The molecule has 1 nitrogen and oxygen atoms in total. The van der Waals surface area contributed by atoms with Crippen LogP contribution in [0.15, 0.2) is 0 Å². The van der Waals surface area contributed by atoms with E-state index in [0.29, 0.717) is 11.7 Å². The van der Waals surface area contributed by atoms with E-state index >= 15 is 0 Å². The molecule has 0 spiro atoms. The van der Waals surface area contributed by atoms with Crippen LogP contribution in [0.2, 0.25) is 0 Å². The van der Waals surface area contributed by atoms with Crippen molar-refractivity contribution in [2.24, 2.45) is 17.3 Å². The lowest BCUT2D eigenvalue weighted by Crippen LogP contribution is -2.37. The van der Waals surface area contributed by atoms with Crippen molar-refractivity contribution in [3.63, 3.8) is 0 Å². The molecule has 2 aliphatic rings. The van der Waals surface area contributed by atoms with Crippen molar-refractivity contribution in [3.05, 3.63) is 0 Å². The van der Waals surface area contributed by atoms with Gasteiger partial charge in [-0.15, -0.1) is 0 Å². The van der Waals surface area contributed by atoms with E-state index in [0.717, 1.165) is 18.8 Å². The molecule has 0 saturated heterocycles. The lowest BCUT2D eigenvalue weighted by molar-refractivity contribution is -0.135. The van der Waals surface area contributed by atoms with Gasteiger partial charge in [0.25, 0.3) is 0 Å². The fourth-order valence-corrected chi connectivity index (χ4v) is 3.97. The molecule has 0 aromatic carbocycles. The highest BCUT2D eigenvalue weighted by Gasteiger charge is 2.39. The zero-order valence-electron chi connectivity index (χ0n) is 11.6. The predicted octanol–water partition coefficient (Wildman–Crippen LogP) is 4.74. The molecule has 2 atom stereocenters. The molecule has 2 fully saturated rings. The minimum absolute atomic E-state index is 0.0402. The molecular weight excluding hydrogens is 208 g/mol. The van der Waals surface area contributed by atoms with Crippen molar-refractivity contribution in [2.45, 2.75) is 78.1 Å². The number of ketones is 1. The van der Waals surface area contributed by atoms with Gasteiger partial charge < -0.3 is 0 Å². The Morgan fingerprint density at radius 1 is 1.12 bits per heavy atom. The first-order valence-electron chi connectivity index (χ1n) is 7.70. The van der Waals surface area contributed by atoms with Crippen LogP contribution in [0.5, 0.6) is 0 Å². The molecular formula is C16H28O. The normalized spacial score (nSPS) is 33.3. The lowest BCUT2D eigenvalue weighted by Gasteiger charge is -2.37. The topological polar surface area (TPSA) is 17.1 Å². The van der Waals surface area contributed by atoms with Crippen molar-refractivity contribution < 1.29 is 4.79 Å². The van der Waals surface area contributed by atoms with Crippen molar-refractivity contribution in [1.82, 2.24) is 0 Å². The summed E-state index contributed by atoms with van der Waals surface area (Å²) in [4.78, 5) is 12.7. The molecule has 1 heteroatoms. The Kier molecular flexibility index (Phi) is 4.27. The standard InChI is InChI=1S/C16H28O/c1-3-13-8-7-9-14(12-13)15(17)16(2)10-5-4-6-11-16/h13-14H,3-12H2,1-2H3. The number of carbonyl (C=O) groups is 1. The smallest absolute Gasteiger partial charge is 0.141 e. The Labute approximate surface area is 106 Å². The molecule has 98 valence electrons. The van der Waals surface area contributed by atoms with Gasteiger partial charge in [0, 0.05) is 11.3 Å². The van der Waals surface area contributed by atoms with E-state index in [4.69, 9.17) is 0 Å². The Morgan fingerprint density at radius 2 is 1.82 bits per heavy atom. The van der Waals surface area contributed by atoms with Gasteiger partial charge in [0.05, 0.1) is 0 Å². The van der Waals surface area contributed by atoms with Crippen LogP contribution >= 0.6 is 0 Å². The molecule has 0 aromatic rings. The Hall–Kier alpha value is -0.330. The first-order chi connectivity index (χ1) is 8.15. The second kappa shape index (κ2) is 5.54. The number of rotatable bonds is 3. The Morgan fingerprint density at radius 3 is 2.47 bits per heavy atom. The highest BCUT2D eigenvalue weighted by Crippen LogP contribution is 2.42. The van der Waals surface area contributed by atoms with Crippen LogP contribution in [-0.4, -0.2) is 5.78 Å². The van der Waals surface area contributed by atoms with E-state index in [-0.39, 0.29) is 5.41 Å². The highest BCUT2D eigenvalue weighted by molar-refractivity contribution is 5.86. The summed E-state index contributed by atoms with van der Waals surface area (Å²) in [5.74, 6) is 1.84. The highest BCUT2D eigenvalue weighted by atomic mass is 16.1. The Balaban J connectivity index is 1.98. The first-order valence-corrected chi connectivity index (χ1v) is 7.70. The van der Waals surface area contributed by atoms with Crippen LogP contribution in [0.4, 0.5) is 0 Å². The number of hydrogen-bond donors (Lipinski definition) is 0. The average Bonchev–Trinajstić information content (AvgIpc) is 2.39. The van der Waals surface area contributed by atoms with Gasteiger partial charge in [-0.25, -0.2) is 0 Å². The molecule has 2 unspecified atom stereocenters. The van der Waals surface area contributed by atoms with Crippen molar-refractivity contribution >= 4 is 5.78 Å². The SMILES string of the molecule is CCC1CCCC(C(=O)C2(C)CCCCC2)C1. The summed E-state index contributed by atoms with van der Waals surface area (Å²) < 4.78 is 0. The maximum absolute atomic E-state index is 12.7. The fraction of sp³-hybridized carbons (Fsp3) is 0.938. The van der Waals surface area contributed by atoms with Gasteiger partial charge in [-0.1, -0.05) is 52.4 Å². The van der Waals surface area contributed by atoms with E-state index in [1.807, 2.05) is 0 Å². The van der Waals surface area contributed by atoms with Gasteiger partial charge in [-0.05, 0) is 31.6 Å². The second-order valence-electron chi connectivity index (χ2n) is 6.62. The summed E-state index contributed by atoms with van der Waals surface area (Å²) in [6.07, 6.45) is 12.4. The Bertz CT molecular complexity index is 263. The molecule has 2 aliphatic carbocycles. The monoisotopic (exact) mass is 236 g/mol. The summed E-state index contributed by atoms with van der Waals surface area (Å²) in [7, 11) is 0. The van der Waals surface area contributed by atoms with Crippen LogP contribution in [0, 0.1) is 17.3 Å². The van der Waals surface area contributed by atoms with Gasteiger partial charge in [0.15, 0.2) is 0 Å². The largest absolute Gasteiger partial charge is 0.299 e. The van der Waals surface area contributed by atoms with E-state index in [2.05, 4.69) is 13.8 Å². The van der Waals surface area contributed by atoms with Gasteiger partial charge in [0.1, 0.15) is 5.78 Å². The lowest BCUT2D eigenvalue weighted by atomic mass is 9.66. The number of Topliss-reactive ketones (excluding diaryl/α,β-unsaturated/α-hetero) is 1. The van der Waals surface area contributed by atoms with Crippen molar-refractivity contribution in [1.29, 1.82) is 0 Å². The zero-order valence-corrected chi connectivity index (χ0v) is 11.6. The van der Waals surface area contributed by atoms with Crippen LogP contribution in [0.3, 0.4) is 0 Å². The zero-order chi connectivity index (χ0) is 12.3. The van der Waals surface area contributed by atoms with Crippen LogP contribution in [0.1, 0.15) is 78.1 Å². The van der Waals surface area contributed by atoms with Gasteiger partial charge >= 0.3 is 0 Å². The van der Waals surface area contributed by atoms with Gasteiger partial charge in [0.2, 0.25) is 0 Å². The molecule has 2 rings (SSSR count). The molecule has 2 saturated carbocycles. The van der Waals surface area contributed by atoms with E-state index in [1.54, 1.807) is 0 Å². The molecule has 0 aliphatic heterocycles. The molecule has 0 bridgehead atoms. The predicted molar refractivity (Wildman–Crippen MR) is 71.9 cm³/mol. The van der Waals surface area contributed by atoms with Crippen molar-refractivity contribution in [2.75, 3.05) is 0 Å². The van der Waals surface area contributed by atoms with Crippen LogP contribution in [-0.2, 0) is 4.79 Å². The maximum Gasteiger partial charge on any atom is 0.141 e. The minimum atomic E-state index is 0.0402. The number of hydrogen-bond acceptors (Lipinski definition) is 1. The third-order valence-corrected chi connectivity index (χ3v) is 5.28.